The van der Waals surface area contributed by atoms with E-state index in [1.165, 1.54) is 12.1 Å². The number of nitrogens with one attached hydrogen (secondary N) is 1. The molecule has 1 rings (SSSR count). The van der Waals surface area contributed by atoms with Gasteiger partial charge >= 0.3 is 6.61 Å². The Morgan fingerprint density at radius 2 is 2.16 bits per heavy atom. The number of benzene rings is 1. The molecular formula is C13H18F2N2O2. The molecule has 0 saturated carbocycles. The Hall–Kier alpha value is -1.69. The van der Waals surface area contributed by atoms with E-state index in [1.54, 1.807) is 19.1 Å². The summed E-state index contributed by atoms with van der Waals surface area (Å²) in [5.74, 6) is -0.205. The van der Waals surface area contributed by atoms with Gasteiger partial charge in [-0.1, -0.05) is 19.1 Å². The van der Waals surface area contributed by atoms with Gasteiger partial charge in [-0.2, -0.15) is 8.78 Å². The molecule has 2 atom stereocenters. The molecule has 1 unspecified atom stereocenters. The number of rotatable bonds is 6. The summed E-state index contributed by atoms with van der Waals surface area (Å²) in [5, 5.41) is 2.72. The van der Waals surface area contributed by atoms with E-state index in [4.69, 9.17) is 5.73 Å². The van der Waals surface area contributed by atoms with Crippen molar-refractivity contribution >= 4 is 5.91 Å². The van der Waals surface area contributed by atoms with Crippen LogP contribution >= 0.6 is 0 Å². The number of amides is 1. The smallest absolute Gasteiger partial charge is 0.387 e. The first-order chi connectivity index (χ1) is 8.93. The minimum Gasteiger partial charge on any atom is -0.435 e. The average Bonchev–Trinajstić information content (AvgIpc) is 2.37. The number of nitrogens with two attached hydrogens (primary N) is 1. The van der Waals surface area contributed by atoms with Crippen molar-refractivity contribution in [2.45, 2.75) is 39.0 Å². The third kappa shape index (κ3) is 4.82. The van der Waals surface area contributed by atoms with E-state index in [1.807, 2.05) is 6.92 Å². The molecule has 3 N–H and O–H groups in total. The molecule has 4 nitrogen and oxygen atoms in total. The molecule has 0 radical (unpaired) electrons. The summed E-state index contributed by atoms with van der Waals surface area (Å²) in [6.07, 6.45) is 0.535. The van der Waals surface area contributed by atoms with Crippen LogP contribution in [-0.4, -0.2) is 18.6 Å². The van der Waals surface area contributed by atoms with Gasteiger partial charge < -0.3 is 15.8 Å². The van der Waals surface area contributed by atoms with E-state index in [0.717, 1.165) is 0 Å². The Bertz CT molecular complexity index is 427. The molecule has 19 heavy (non-hydrogen) atoms. The first kappa shape index (κ1) is 15.4. The zero-order chi connectivity index (χ0) is 14.4. The van der Waals surface area contributed by atoms with Gasteiger partial charge in [-0.25, -0.2) is 0 Å². The fraction of sp³-hybridized carbons (Fsp3) is 0.462. The normalized spacial score (nSPS) is 14.0. The summed E-state index contributed by atoms with van der Waals surface area (Å²) in [4.78, 5) is 11.6. The molecule has 1 aromatic carbocycles. The number of alkyl halides is 2. The molecule has 6 heteroatoms. The Balaban J connectivity index is 2.71. The second-order valence-corrected chi connectivity index (χ2v) is 4.20. The molecule has 0 bridgehead atoms. The van der Waals surface area contributed by atoms with Gasteiger partial charge in [-0.05, 0) is 31.0 Å². The zero-order valence-electron chi connectivity index (χ0n) is 10.9. The highest BCUT2D eigenvalue weighted by atomic mass is 19.3. The van der Waals surface area contributed by atoms with Crippen molar-refractivity contribution in [3.63, 3.8) is 0 Å². The highest BCUT2D eigenvalue weighted by Crippen LogP contribution is 2.20. The Morgan fingerprint density at radius 3 is 2.74 bits per heavy atom. The van der Waals surface area contributed by atoms with Crippen LogP contribution < -0.4 is 15.8 Å². The molecule has 0 aliphatic carbocycles. The molecule has 0 aromatic heterocycles. The van der Waals surface area contributed by atoms with E-state index < -0.39 is 12.7 Å². The summed E-state index contributed by atoms with van der Waals surface area (Å²) in [6, 6.07) is 5.32. The van der Waals surface area contributed by atoms with Gasteiger partial charge in [0, 0.05) is 0 Å². The summed E-state index contributed by atoms with van der Waals surface area (Å²) >= 11 is 0. The van der Waals surface area contributed by atoms with Crippen molar-refractivity contribution < 1.29 is 18.3 Å². The predicted molar refractivity (Wildman–Crippen MR) is 67.9 cm³/mol. The number of carbonyl (C=O) groups excluding carboxylic acids is 1. The zero-order valence-corrected chi connectivity index (χ0v) is 10.9. The van der Waals surface area contributed by atoms with Crippen LogP contribution in [0.2, 0.25) is 0 Å². The lowest BCUT2D eigenvalue weighted by Crippen LogP contribution is -2.41. The molecule has 106 valence electrons. The van der Waals surface area contributed by atoms with Crippen molar-refractivity contribution in [2.24, 2.45) is 5.73 Å². The molecule has 0 heterocycles. The molecule has 1 aromatic rings. The Morgan fingerprint density at radius 1 is 1.47 bits per heavy atom. The number of carbonyl (C=O) groups is 1. The topological polar surface area (TPSA) is 64.4 Å². The van der Waals surface area contributed by atoms with E-state index in [9.17, 15) is 13.6 Å². The summed E-state index contributed by atoms with van der Waals surface area (Å²) in [6.45, 7) is 0.696. The number of hydrogen-bond acceptors (Lipinski definition) is 3. The summed E-state index contributed by atoms with van der Waals surface area (Å²) < 4.78 is 28.5. The van der Waals surface area contributed by atoms with Crippen molar-refractivity contribution in [1.29, 1.82) is 0 Å². The Labute approximate surface area is 110 Å². The van der Waals surface area contributed by atoms with E-state index >= 15 is 0 Å². The molecule has 0 spiro atoms. The first-order valence-electron chi connectivity index (χ1n) is 6.04. The van der Waals surface area contributed by atoms with Crippen molar-refractivity contribution in [3.8, 4) is 5.75 Å². The van der Waals surface area contributed by atoms with Crippen molar-refractivity contribution in [3.05, 3.63) is 29.8 Å². The fourth-order valence-corrected chi connectivity index (χ4v) is 1.55. The van der Waals surface area contributed by atoms with Crippen LogP contribution in [0.3, 0.4) is 0 Å². The maximum atomic E-state index is 12.1. The lowest BCUT2D eigenvalue weighted by atomic mass is 10.1. The standard InChI is InChI=1S/C13H18F2N2O2/c1-3-11(16)12(18)17-8(2)9-5-4-6-10(7-9)19-13(14)15/h4-8,11,13H,3,16H2,1-2H3,(H,17,18)/t8?,11-/m1/s1. The van der Waals surface area contributed by atoms with Crippen LogP contribution in [0, 0.1) is 0 Å². The SMILES string of the molecule is CC[C@@H](N)C(=O)NC(C)c1cccc(OC(F)F)c1. The largest absolute Gasteiger partial charge is 0.435 e. The number of ether oxygens (including phenoxy) is 1. The molecule has 0 aliphatic heterocycles. The highest BCUT2D eigenvalue weighted by Gasteiger charge is 2.15. The van der Waals surface area contributed by atoms with E-state index in [2.05, 4.69) is 10.1 Å². The predicted octanol–water partition coefficient (Wildman–Crippen LogP) is 2.20. The average molecular weight is 272 g/mol. The van der Waals surface area contributed by atoms with Gasteiger partial charge in [0.2, 0.25) is 5.91 Å². The summed E-state index contributed by atoms with van der Waals surface area (Å²) in [7, 11) is 0. The monoisotopic (exact) mass is 272 g/mol. The van der Waals surface area contributed by atoms with Crippen LogP contribution in [0.5, 0.6) is 5.75 Å². The third-order valence-electron chi connectivity index (χ3n) is 2.72. The van der Waals surface area contributed by atoms with Gasteiger partial charge in [-0.15, -0.1) is 0 Å². The minimum atomic E-state index is -2.87. The van der Waals surface area contributed by atoms with E-state index in [0.29, 0.717) is 12.0 Å². The van der Waals surface area contributed by atoms with Crippen LogP contribution in [0.25, 0.3) is 0 Å². The van der Waals surface area contributed by atoms with Crippen molar-refractivity contribution in [1.82, 2.24) is 5.32 Å². The Kier molecular flexibility index (Phi) is 5.69. The lowest BCUT2D eigenvalue weighted by molar-refractivity contribution is -0.123. The molecule has 0 fully saturated rings. The molecule has 0 saturated heterocycles. The van der Waals surface area contributed by atoms with Gasteiger partial charge in [-0.3, -0.25) is 4.79 Å². The maximum absolute atomic E-state index is 12.1. The van der Waals surface area contributed by atoms with Crippen LogP contribution in [0.1, 0.15) is 31.9 Å². The van der Waals surface area contributed by atoms with Crippen LogP contribution in [-0.2, 0) is 4.79 Å². The number of halogens is 2. The fourth-order valence-electron chi connectivity index (χ4n) is 1.55. The quantitative estimate of drug-likeness (QED) is 0.834. The maximum Gasteiger partial charge on any atom is 0.387 e. The van der Waals surface area contributed by atoms with Crippen LogP contribution in [0.15, 0.2) is 24.3 Å². The van der Waals surface area contributed by atoms with Gasteiger partial charge in [0.25, 0.3) is 0 Å². The second-order valence-electron chi connectivity index (χ2n) is 4.20. The lowest BCUT2D eigenvalue weighted by Gasteiger charge is -2.17. The summed E-state index contributed by atoms with van der Waals surface area (Å²) in [5.41, 5.74) is 6.28. The van der Waals surface area contributed by atoms with Crippen molar-refractivity contribution in [2.75, 3.05) is 0 Å². The van der Waals surface area contributed by atoms with Gasteiger partial charge in [0.15, 0.2) is 0 Å². The molecule has 0 aliphatic rings. The van der Waals surface area contributed by atoms with Crippen LogP contribution in [0.4, 0.5) is 8.78 Å². The highest BCUT2D eigenvalue weighted by molar-refractivity contribution is 5.81. The van der Waals surface area contributed by atoms with E-state index in [-0.39, 0.29) is 17.7 Å². The molecular weight excluding hydrogens is 254 g/mol. The first-order valence-corrected chi connectivity index (χ1v) is 6.04. The number of hydrogen-bond donors (Lipinski definition) is 2. The van der Waals surface area contributed by atoms with Gasteiger partial charge in [0.05, 0.1) is 12.1 Å². The minimum absolute atomic E-state index is 0.0633. The third-order valence-corrected chi connectivity index (χ3v) is 2.72. The van der Waals surface area contributed by atoms with Gasteiger partial charge in [0.1, 0.15) is 5.75 Å². The second kappa shape index (κ2) is 7.04. The molecule has 1 amide bonds.